The van der Waals surface area contributed by atoms with Crippen molar-refractivity contribution < 1.29 is 4.79 Å². The number of nitrogens with one attached hydrogen (secondary N) is 1. The number of nitrogens with zero attached hydrogens (tertiary/aromatic N) is 4. The number of aromatic nitrogens is 4. The van der Waals surface area contributed by atoms with Gasteiger partial charge in [0, 0.05) is 12.4 Å². The molecule has 1 aromatic carbocycles. The Morgan fingerprint density at radius 1 is 1.00 bits per heavy atom. The van der Waals surface area contributed by atoms with Gasteiger partial charge < -0.3 is 5.32 Å². The topological polar surface area (TPSA) is 72.7 Å². The van der Waals surface area contributed by atoms with Crippen LogP contribution in [0.15, 0.2) is 54.9 Å². The molecule has 3 heterocycles. The molecule has 0 aliphatic heterocycles. The van der Waals surface area contributed by atoms with Crippen LogP contribution < -0.4 is 5.32 Å². The van der Waals surface area contributed by atoms with Crippen LogP contribution in [0.25, 0.3) is 11.0 Å². The second-order valence-corrected chi connectivity index (χ2v) is 6.87. The van der Waals surface area contributed by atoms with Crippen molar-refractivity contribution in [2.24, 2.45) is 0 Å². The summed E-state index contributed by atoms with van der Waals surface area (Å²) in [5, 5.41) is 7.62. The van der Waals surface area contributed by atoms with Gasteiger partial charge in [-0.3, -0.25) is 19.4 Å². The van der Waals surface area contributed by atoms with Gasteiger partial charge in [-0.1, -0.05) is 29.8 Å². The summed E-state index contributed by atoms with van der Waals surface area (Å²) >= 11 is 0. The van der Waals surface area contributed by atoms with E-state index in [1.165, 1.54) is 11.1 Å². The van der Waals surface area contributed by atoms with Crippen LogP contribution in [0.1, 0.15) is 32.9 Å². The van der Waals surface area contributed by atoms with Crippen molar-refractivity contribution in [3.63, 3.8) is 0 Å². The summed E-state index contributed by atoms with van der Waals surface area (Å²) in [7, 11) is 0. The summed E-state index contributed by atoms with van der Waals surface area (Å²) in [4.78, 5) is 21.5. The minimum atomic E-state index is -0.216. The van der Waals surface area contributed by atoms with Crippen molar-refractivity contribution >= 4 is 22.6 Å². The molecule has 0 saturated heterocycles. The van der Waals surface area contributed by atoms with E-state index >= 15 is 0 Å². The molecule has 0 aliphatic rings. The minimum absolute atomic E-state index is 0.216. The van der Waals surface area contributed by atoms with Gasteiger partial charge >= 0.3 is 0 Å². The minimum Gasteiger partial charge on any atom is -0.319 e. The van der Waals surface area contributed by atoms with E-state index in [-0.39, 0.29) is 5.91 Å². The number of hydrogen-bond donors (Lipinski definition) is 1. The van der Waals surface area contributed by atoms with Crippen molar-refractivity contribution in [1.82, 2.24) is 19.7 Å². The van der Waals surface area contributed by atoms with Crippen molar-refractivity contribution in [2.75, 3.05) is 5.32 Å². The molecule has 28 heavy (non-hydrogen) atoms. The molecule has 0 radical (unpaired) electrons. The fourth-order valence-corrected chi connectivity index (χ4v) is 3.24. The number of carbonyl (C=O) groups is 1. The summed E-state index contributed by atoms with van der Waals surface area (Å²) < 4.78 is 1.92. The highest BCUT2D eigenvalue weighted by molar-refractivity contribution is 6.11. The van der Waals surface area contributed by atoms with E-state index in [2.05, 4.69) is 51.6 Å². The number of pyridine rings is 2. The van der Waals surface area contributed by atoms with Crippen LogP contribution >= 0.6 is 0 Å². The highest BCUT2D eigenvalue weighted by atomic mass is 16.1. The van der Waals surface area contributed by atoms with E-state index in [0.29, 0.717) is 23.1 Å². The second-order valence-electron chi connectivity index (χ2n) is 6.87. The molecular weight excluding hydrogens is 350 g/mol. The first-order chi connectivity index (χ1) is 13.5. The first kappa shape index (κ1) is 17.9. The molecule has 4 aromatic rings. The number of carbonyl (C=O) groups excluding carboxylic acids is 1. The Hall–Kier alpha value is -3.54. The van der Waals surface area contributed by atoms with Gasteiger partial charge in [0.25, 0.3) is 5.91 Å². The number of fused-ring (bicyclic) bond motifs is 1. The number of aryl methyl sites for hydroxylation is 2. The summed E-state index contributed by atoms with van der Waals surface area (Å²) in [5.41, 5.74) is 6.60. The SMILES string of the molecule is Cc1ccc(Cn2nc(C)c(NC(=O)c3ccnc4cccnc34)c2C)cc1. The van der Waals surface area contributed by atoms with E-state index < -0.39 is 0 Å². The predicted molar refractivity (Wildman–Crippen MR) is 109 cm³/mol. The van der Waals surface area contributed by atoms with Gasteiger partial charge in [-0.05, 0) is 44.5 Å². The van der Waals surface area contributed by atoms with Gasteiger partial charge in [-0.15, -0.1) is 0 Å². The molecule has 6 heteroatoms. The second kappa shape index (κ2) is 7.23. The summed E-state index contributed by atoms with van der Waals surface area (Å²) in [6, 6.07) is 13.7. The lowest BCUT2D eigenvalue weighted by Crippen LogP contribution is -2.14. The summed E-state index contributed by atoms with van der Waals surface area (Å²) in [6.45, 7) is 6.59. The molecule has 6 nitrogen and oxygen atoms in total. The zero-order chi connectivity index (χ0) is 19.7. The lowest BCUT2D eigenvalue weighted by atomic mass is 10.1. The molecule has 0 aliphatic carbocycles. The number of benzene rings is 1. The van der Waals surface area contributed by atoms with Gasteiger partial charge in [0.05, 0.1) is 34.7 Å². The van der Waals surface area contributed by atoms with Crippen LogP contribution in [0.5, 0.6) is 0 Å². The van der Waals surface area contributed by atoms with Crippen molar-refractivity contribution in [2.45, 2.75) is 27.3 Å². The molecule has 1 amide bonds. The van der Waals surface area contributed by atoms with Crippen LogP contribution in [0.3, 0.4) is 0 Å². The van der Waals surface area contributed by atoms with E-state index in [4.69, 9.17) is 0 Å². The maximum atomic E-state index is 12.9. The predicted octanol–water partition coefficient (Wildman–Crippen LogP) is 4.05. The molecule has 0 saturated carbocycles. The number of amides is 1. The van der Waals surface area contributed by atoms with Crippen LogP contribution in [0, 0.1) is 20.8 Å². The summed E-state index contributed by atoms with van der Waals surface area (Å²) in [6.07, 6.45) is 3.29. The van der Waals surface area contributed by atoms with E-state index in [1.54, 1.807) is 24.5 Å². The van der Waals surface area contributed by atoms with E-state index in [0.717, 1.165) is 17.1 Å². The van der Waals surface area contributed by atoms with Crippen molar-refractivity contribution in [3.05, 3.63) is 82.9 Å². The lowest BCUT2D eigenvalue weighted by molar-refractivity contribution is 0.102. The van der Waals surface area contributed by atoms with Crippen LogP contribution in [-0.2, 0) is 6.54 Å². The number of hydrogen-bond acceptors (Lipinski definition) is 4. The number of anilines is 1. The van der Waals surface area contributed by atoms with Gasteiger partial charge in [0.15, 0.2) is 0 Å². The average molecular weight is 371 g/mol. The quantitative estimate of drug-likeness (QED) is 0.587. The third-order valence-electron chi connectivity index (χ3n) is 4.81. The molecule has 4 rings (SSSR count). The lowest BCUT2D eigenvalue weighted by Gasteiger charge is -2.09. The standard InChI is InChI=1S/C22H21N5O/c1-14-6-8-17(9-7-14)13-27-16(3)20(15(2)26-27)25-22(28)18-10-12-23-19-5-4-11-24-21(18)19/h4-12H,13H2,1-3H3,(H,25,28). The molecule has 140 valence electrons. The molecule has 0 spiro atoms. The normalized spacial score (nSPS) is 11.0. The molecule has 0 atom stereocenters. The molecule has 0 unspecified atom stereocenters. The zero-order valence-electron chi connectivity index (χ0n) is 16.1. The Morgan fingerprint density at radius 3 is 2.57 bits per heavy atom. The first-order valence-corrected chi connectivity index (χ1v) is 9.13. The van der Waals surface area contributed by atoms with Gasteiger partial charge in [-0.2, -0.15) is 5.10 Å². The molecule has 3 aromatic heterocycles. The fourth-order valence-electron chi connectivity index (χ4n) is 3.24. The molecule has 0 fully saturated rings. The molecule has 1 N–H and O–H groups in total. The third-order valence-corrected chi connectivity index (χ3v) is 4.81. The Balaban J connectivity index is 1.62. The monoisotopic (exact) mass is 371 g/mol. The number of rotatable bonds is 4. The van der Waals surface area contributed by atoms with Crippen molar-refractivity contribution in [1.29, 1.82) is 0 Å². The molecular formula is C22H21N5O. The van der Waals surface area contributed by atoms with E-state index in [9.17, 15) is 4.79 Å². The zero-order valence-corrected chi connectivity index (χ0v) is 16.1. The first-order valence-electron chi connectivity index (χ1n) is 9.13. The summed E-state index contributed by atoms with van der Waals surface area (Å²) in [5.74, 6) is -0.216. The maximum Gasteiger partial charge on any atom is 0.258 e. The Labute approximate surface area is 163 Å². The van der Waals surface area contributed by atoms with Crippen molar-refractivity contribution in [3.8, 4) is 0 Å². The third kappa shape index (κ3) is 3.36. The average Bonchev–Trinajstić information content (AvgIpc) is 2.96. The fraction of sp³-hybridized carbons (Fsp3) is 0.182. The van der Waals surface area contributed by atoms with Crippen LogP contribution in [0.2, 0.25) is 0 Å². The Morgan fingerprint density at radius 2 is 1.79 bits per heavy atom. The smallest absolute Gasteiger partial charge is 0.258 e. The Bertz CT molecular complexity index is 1160. The van der Waals surface area contributed by atoms with Gasteiger partial charge in [0.2, 0.25) is 0 Å². The van der Waals surface area contributed by atoms with Gasteiger partial charge in [-0.25, -0.2) is 0 Å². The maximum absolute atomic E-state index is 12.9. The highest BCUT2D eigenvalue weighted by Crippen LogP contribution is 2.22. The van der Waals surface area contributed by atoms with E-state index in [1.807, 2.05) is 24.6 Å². The van der Waals surface area contributed by atoms with Crippen LogP contribution in [-0.4, -0.2) is 25.7 Å². The van der Waals surface area contributed by atoms with Crippen LogP contribution in [0.4, 0.5) is 5.69 Å². The molecule has 0 bridgehead atoms. The largest absolute Gasteiger partial charge is 0.319 e. The Kier molecular flexibility index (Phi) is 4.61. The highest BCUT2D eigenvalue weighted by Gasteiger charge is 2.17. The van der Waals surface area contributed by atoms with Gasteiger partial charge in [0.1, 0.15) is 5.52 Å².